The molecule has 0 atom stereocenters. The van der Waals surface area contributed by atoms with Gasteiger partial charge < -0.3 is 4.90 Å². The summed E-state index contributed by atoms with van der Waals surface area (Å²) in [5.74, 6) is 0. The van der Waals surface area contributed by atoms with Crippen LogP contribution in [0.1, 0.15) is 0 Å². The Morgan fingerprint density at radius 2 is 1.00 bits per heavy atom. The first-order valence-corrected chi connectivity index (χ1v) is 1.34. The molecule has 0 heterocycles. The van der Waals surface area contributed by atoms with Crippen LogP contribution in [0.3, 0.4) is 0 Å². The maximum Gasteiger partial charge on any atom is 0 e. The fraction of sp³-hybridized carbons (Fsp3) is 1.00. The number of hydrogen-bond acceptors (Lipinski definition) is 1. The first-order valence-electron chi connectivity index (χ1n) is 1.34. The van der Waals surface area contributed by atoms with E-state index >= 15 is 0 Å². The van der Waals surface area contributed by atoms with E-state index in [1.807, 2.05) is 26.0 Å². The van der Waals surface area contributed by atoms with Crippen molar-refractivity contribution in [3.63, 3.8) is 0 Å². The molecule has 0 unspecified atom stereocenters. The monoisotopic (exact) mass is 149 g/mol. The van der Waals surface area contributed by atoms with Gasteiger partial charge >= 0.3 is 0 Å². The SMILES string of the molecule is CN(C)C.[Zr]. The van der Waals surface area contributed by atoms with Crippen LogP contribution in [0.25, 0.3) is 0 Å². The second-order valence-corrected chi connectivity index (χ2v) is 1.34. The van der Waals surface area contributed by atoms with Crippen LogP contribution in [0.2, 0.25) is 0 Å². The van der Waals surface area contributed by atoms with Crippen molar-refractivity contribution in [1.82, 2.24) is 4.90 Å². The van der Waals surface area contributed by atoms with Crippen molar-refractivity contribution in [2.45, 2.75) is 0 Å². The Balaban J connectivity index is 0. The van der Waals surface area contributed by atoms with E-state index in [-0.39, 0.29) is 26.2 Å². The molecule has 2 heteroatoms. The molecule has 0 amide bonds. The maximum atomic E-state index is 2.00. The molecule has 0 spiro atoms. The van der Waals surface area contributed by atoms with E-state index in [1.54, 1.807) is 0 Å². The van der Waals surface area contributed by atoms with E-state index in [0.717, 1.165) is 0 Å². The molecule has 0 fully saturated rings. The van der Waals surface area contributed by atoms with E-state index in [2.05, 4.69) is 0 Å². The Kier molecular flexibility index (Phi) is 8.99. The van der Waals surface area contributed by atoms with Gasteiger partial charge in [0.2, 0.25) is 0 Å². The van der Waals surface area contributed by atoms with Crippen LogP contribution in [0.5, 0.6) is 0 Å². The Morgan fingerprint density at radius 1 is 1.00 bits per heavy atom. The third-order valence-electron chi connectivity index (χ3n) is 0. The molecule has 0 aromatic heterocycles. The summed E-state index contributed by atoms with van der Waals surface area (Å²) in [5, 5.41) is 0. The van der Waals surface area contributed by atoms with Crippen molar-refractivity contribution in [3.05, 3.63) is 0 Å². The minimum absolute atomic E-state index is 0. The van der Waals surface area contributed by atoms with Gasteiger partial charge in [0.15, 0.2) is 0 Å². The van der Waals surface area contributed by atoms with E-state index in [4.69, 9.17) is 0 Å². The Labute approximate surface area is 52.5 Å². The van der Waals surface area contributed by atoms with Crippen LogP contribution in [0, 0.1) is 0 Å². The number of hydrogen-bond donors (Lipinski definition) is 0. The van der Waals surface area contributed by atoms with Crippen LogP contribution in [-0.2, 0) is 26.2 Å². The average molecular weight is 150 g/mol. The van der Waals surface area contributed by atoms with Gasteiger partial charge in [-0.3, -0.25) is 0 Å². The zero-order valence-electron chi connectivity index (χ0n) is 3.95. The fourth-order valence-electron chi connectivity index (χ4n) is 0. The molecule has 0 radical (unpaired) electrons. The number of rotatable bonds is 0. The van der Waals surface area contributed by atoms with Gasteiger partial charge in [-0.25, -0.2) is 0 Å². The Bertz CT molecular complexity index is 11.6. The normalized spacial score (nSPS) is 7.20. The molecular formula is C3H9NZr. The summed E-state index contributed by atoms with van der Waals surface area (Å²) < 4.78 is 0. The molecule has 0 bridgehead atoms. The first-order chi connectivity index (χ1) is 1.73. The molecule has 0 rings (SSSR count). The van der Waals surface area contributed by atoms with E-state index in [1.165, 1.54) is 0 Å². The third kappa shape index (κ3) is 55.1. The van der Waals surface area contributed by atoms with Crippen LogP contribution in [-0.4, -0.2) is 26.0 Å². The van der Waals surface area contributed by atoms with Crippen LogP contribution in [0.4, 0.5) is 0 Å². The first kappa shape index (κ1) is 9.28. The largest absolute Gasteiger partial charge is 0.312 e. The second-order valence-electron chi connectivity index (χ2n) is 1.34. The quantitative estimate of drug-likeness (QED) is 0.476. The molecule has 0 aliphatic heterocycles. The smallest absolute Gasteiger partial charge is 0 e. The Hall–Kier alpha value is 0.843. The van der Waals surface area contributed by atoms with Gasteiger partial charge in [0.1, 0.15) is 0 Å². The number of nitrogens with zero attached hydrogens (tertiary/aromatic N) is 1. The fourth-order valence-corrected chi connectivity index (χ4v) is 0. The summed E-state index contributed by atoms with van der Waals surface area (Å²) in [6.45, 7) is 0. The molecule has 0 saturated carbocycles. The maximum absolute atomic E-state index is 2.00. The van der Waals surface area contributed by atoms with E-state index < -0.39 is 0 Å². The summed E-state index contributed by atoms with van der Waals surface area (Å²) >= 11 is 0. The summed E-state index contributed by atoms with van der Waals surface area (Å²) in [5.41, 5.74) is 0. The van der Waals surface area contributed by atoms with E-state index in [0.29, 0.717) is 0 Å². The van der Waals surface area contributed by atoms with Gasteiger partial charge in [-0.1, -0.05) is 0 Å². The molecule has 1 nitrogen and oxygen atoms in total. The van der Waals surface area contributed by atoms with Crippen LogP contribution in [0.15, 0.2) is 0 Å². The molecule has 0 aromatic carbocycles. The zero-order valence-corrected chi connectivity index (χ0v) is 6.41. The predicted octanol–water partition coefficient (Wildman–Crippen LogP) is 0.175. The molecule has 30 valence electrons. The molecule has 0 N–H and O–H groups in total. The van der Waals surface area contributed by atoms with E-state index in [9.17, 15) is 0 Å². The summed E-state index contributed by atoms with van der Waals surface area (Å²) in [6, 6.07) is 0. The van der Waals surface area contributed by atoms with Crippen molar-refractivity contribution in [2.24, 2.45) is 0 Å². The summed E-state index contributed by atoms with van der Waals surface area (Å²) in [7, 11) is 6.00. The predicted molar refractivity (Wildman–Crippen MR) is 19.6 cm³/mol. The molecule has 0 aromatic rings. The van der Waals surface area contributed by atoms with Crippen molar-refractivity contribution >= 4 is 0 Å². The summed E-state index contributed by atoms with van der Waals surface area (Å²) in [6.07, 6.45) is 0. The van der Waals surface area contributed by atoms with Crippen molar-refractivity contribution in [1.29, 1.82) is 0 Å². The van der Waals surface area contributed by atoms with Gasteiger partial charge in [0.25, 0.3) is 0 Å². The van der Waals surface area contributed by atoms with Crippen molar-refractivity contribution < 1.29 is 26.2 Å². The van der Waals surface area contributed by atoms with Gasteiger partial charge in [0.05, 0.1) is 0 Å². The van der Waals surface area contributed by atoms with Gasteiger partial charge in [-0.15, -0.1) is 0 Å². The second kappa shape index (κ2) is 4.84. The molecule has 0 saturated heterocycles. The standard InChI is InChI=1S/C3H9N.Zr/c1-4(2)3;/h1-3H3;. The van der Waals surface area contributed by atoms with Crippen molar-refractivity contribution in [3.8, 4) is 0 Å². The van der Waals surface area contributed by atoms with Gasteiger partial charge in [0, 0.05) is 26.2 Å². The molecular weight excluding hydrogens is 141 g/mol. The minimum atomic E-state index is 0. The molecule has 0 aliphatic rings. The molecule has 5 heavy (non-hydrogen) atoms. The molecule has 0 aliphatic carbocycles. The van der Waals surface area contributed by atoms with Crippen LogP contribution < -0.4 is 0 Å². The van der Waals surface area contributed by atoms with Crippen LogP contribution >= 0.6 is 0 Å². The Morgan fingerprint density at radius 3 is 1.00 bits per heavy atom. The summed E-state index contributed by atoms with van der Waals surface area (Å²) in [4.78, 5) is 2.00. The minimum Gasteiger partial charge on any atom is -0.312 e. The van der Waals surface area contributed by atoms with Gasteiger partial charge in [-0.05, 0) is 21.1 Å². The topological polar surface area (TPSA) is 3.24 Å². The van der Waals surface area contributed by atoms with Gasteiger partial charge in [-0.2, -0.15) is 0 Å². The average Bonchev–Trinajstić information content (AvgIpc) is 0.811. The zero-order chi connectivity index (χ0) is 3.58. The third-order valence-corrected chi connectivity index (χ3v) is 0. The van der Waals surface area contributed by atoms with Crippen molar-refractivity contribution in [2.75, 3.05) is 21.1 Å².